The predicted octanol–water partition coefficient (Wildman–Crippen LogP) is 4.28. The largest absolute Gasteiger partial charge is 0.453 e. The molecule has 0 spiro atoms. The molecule has 34 heavy (non-hydrogen) atoms. The molecule has 11 heteroatoms. The van der Waals surface area contributed by atoms with Gasteiger partial charge >= 0.3 is 0 Å². The van der Waals surface area contributed by atoms with Gasteiger partial charge in [0.2, 0.25) is 0 Å². The van der Waals surface area contributed by atoms with Crippen LogP contribution in [0.15, 0.2) is 36.5 Å². The number of amides is 1. The summed E-state index contributed by atoms with van der Waals surface area (Å²) < 4.78 is 26.0. The van der Waals surface area contributed by atoms with Gasteiger partial charge in [0.25, 0.3) is 5.91 Å². The van der Waals surface area contributed by atoms with Crippen molar-refractivity contribution in [2.45, 2.75) is 13.1 Å². The second-order valence-corrected chi connectivity index (χ2v) is 8.39. The summed E-state index contributed by atoms with van der Waals surface area (Å²) in [5.74, 6) is -1.14. The number of carbonyl (C=O) groups excluding carboxylic acids is 1. The second kappa shape index (κ2) is 10.8. The van der Waals surface area contributed by atoms with Gasteiger partial charge in [-0.25, -0.2) is 9.37 Å². The molecule has 1 amide bonds. The number of H-pyrrole nitrogens is 1. The zero-order chi connectivity index (χ0) is 24.1. The molecule has 0 saturated carbocycles. The summed E-state index contributed by atoms with van der Waals surface area (Å²) in [5.41, 5.74) is 1.16. The van der Waals surface area contributed by atoms with Gasteiger partial charge in [-0.05, 0) is 24.3 Å². The Morgan fingerprint density at radius 1 is 1.29 bits per heavy atom. The van der Waals surface area contributed by atoms with Gasteiger partial charge in [0, 0.05) is 43.0 Å². The third kappa shape index (κ3) is 5.85. The standard InChI is InChI=1S/C23H20Cl2FN5O3/c24-16-7-14(10-27)8-18(9-16)34-21-19(25)2-1-15(20(21)26)11-29-23(32)22-28-12-17(30-22)13-31-3-5-33-6-4-31/h1-2,7-9,12H,3-6,11,13H2,(H,28,30)(H,29,32). The molecule has 1 saturated heterocycles. The number of ether oxygens (including phenoxy) is 2. The van der Waals surface area contributed by atoms with E-state index in [1.54, 1.807) is 6.20 Å². The summed E-state index contributed by atoms with van der Waals surface area (Å²) in [4.78, 5) is 21.9. The van der Waals surface area contributed by atoms with Crippen LogP contribution in [0.2, 0.25) is 10.0 Å². The lowest BCUT2D eigenvalue weighted by Gasteiger charge is -2.25. The quantitative estimate of drug-likeness (QED) is 0.498. The van der Waals surface area contributed by atoms with Crippen LogP contribution in [0.5, 0.6) is 11.5 Å². The Kier molecular flexibility index (Phi) is 7.65. The summed E-state index contributed by atoms with van der Waals surface area (Å²) >= 11 is 12.1. The summed E-state index contributed by atoms with van der Waals surface area (Å²) in [5, 5.41) is 12.0. The Bertz CT molecular complexity index is 1240. The molecule has 0 aliphatic carbocycles. The highest BCUT2D eigenvalue weighted by Crippen LogP contribution is 2.35. The molecule has 2 aromatic carbocycles. The topological polar surface area (TPSA) is 103 Å². The highest BCUT2D eigenvalue weighted by atomic mass is 35.5. The van der Waals surface area contributed by atoms with Crippen LogP contribution in [0.3, 0.4) is 0 Å². The number of imidazole rings is 1. The van der Waals surface area contributed by atoms with Crippen LogP contribution in [0.25, 0.3) is 0 Å². The number of benzene rings is 2. The Morgan fingerprint density at radius 3 is 2.85 bits per heavy atom. The van der Waals surface area contributed by atoms with Crippen molar-refractivity contribution in [1.29, 1.82) is 5.26 Å². The first kappa shape index (κ1) is 24.0. The van der Waals surface area contributed by atoms with Crippen molar-refractivity contribution in [3.63, 3.8) is 0 Å². The maximum atomic E-state index is 15.1. The van der Waals surface area contributed by atoms with Crippen LogP contribution < -0.4 is 10.1 Å². The van der Waals surface area contributed by atoms with Crippen molar-refractivity contribution in [2.24, 2.45) is 0 Å². The lowest BCUT2D eigenvalue weighted by molar-refractivity contribution is 0.0337. The minimum atomic E-state index is -0.737. The Hall–Kier alpha value is -3.16. The van der Waals surface area contributed by atoms with E-state index in [0.29, 0.717) is 19.8 Å². The van der Waals surface area contributed by atoms with Gasteiger partial charge in [0.15, 0.2) is 17.4 Å². The minimum absolute atomic E-state index is 0.0323. The molecule has 2 heterocycles. The fourth-order valence-corrected chi connectivity index (χ4v) is 3.82. The molecule has 1 aliphatic rings. The third-order valence-electron chi connectivity index (χ3n) is 5.12. The van der Waals surface area contributed by atoms with Crippen molar-refractivity contribution >= 4 is 29.1 Å². The number of halogens is 3. The van der Waals surface area contributed by atoms with Crippen molar-refractivity contribution in [2.75, 3.05) is 26.3 Å². The lowest BCUT2D eigenvalue weighted by Crippen LogP contribution is -2.35. The van der Waals surface area contributed by atoms with Crippen LogP contribution in [0.4, 0.5) is 4.39 Å². The molecule has 8 nitrogen and oxygen atoms in total. The van der Waals surface area contributed by atoms with Gasteiger partial charge in [0.1, 0.15) is 5.75 Å². The number of morpholine rings is 1. The maximum Gasteiger partial charge on any atom is 0.287 e. The van der Waals surface area contributed by atoms with E-state index in [0.717, 1.165) is 18.8 Å². The van der Waals surface area contributed by atoms with E-state index in [2.05, 4.69) is 20.2 Å². The average Bonchev–Trinajstić information content (AvgIpc) is 3.30. The molecule has 3 aromatic rings. The van der Waals surface area contributed by atoms with Gasteiger partial charge in [-0.1, -0.05) is 29.3 Å². The highest BCUT2D eigenvalue weighted by Gasteiger charge is 2.18. The van der Waals surface area contributed by atoms with Gasteiger partial charge in [-0.2, -0.15) is 5.26 Å². The van der Waals surface area contributed by atoms with Crippen LogP contribution >= 0.6 is 23.2 Å². The van der Waals surface area contributed by atoms with E-state index < -0.39 is 11.7 Å². The van der Waals surface area contributed by atoms with Crippen LogP contribution in [0.1, 0.15) is 27.4 Å². The van der Waals surface area contributed by atoms with E-state index in [4.69, 9.17) is 37.9 Å². The molecule has 0 unspecified atom stereocenters. The zero-order valence-corrected chi connectivity index (χ0v) is 19.4. The van der Waals surface area contributed by atoms with Crippen LogP contribution in [0, 0.1) is 17.1 Å². The van der Waals surface area contributed by atoms with E-state index in [1.807, 2.05) is 6.07 Å². The maximum absolute atomic E-state index is 15.1. The number of nitriles is 1. The number of rotatable bonds is 7. The van der Waals surface area contributed by atoms with Gasteiger partial charge < -0.3 is 19.8 Å². The van der Waals surface area contributed by atoms with E-state index >= 15 is 4.39 Å². The molecular formula is C23H20Cl2FN5O3. The number of hydrogen-bond donors (Lipinski definition) is 2. The summed E-state index contributed by atoms with van der Waals surface area (Å²) in [6.45, 7) is 3.45. The number of aromatic nitrogens is 2. The Balaban J connectivity index is 1.42. The Morgan fingerprint density at radius 2 is 2.09 bits per heavy atom. The molecule has 1 aliphatic heterocycles. The fraction of sp³-hybridized carbons (Fsp3) is 0.261. The van der Waals surface area contributed by atoms with Crippen LogP contribution in [-0.4, -0.2) is 47.1 Å². The van der Waals surface area contributed by atoms with Crippen molar-refractivity contribution in [1.82, 2.24) is 20.2 Å². The lowest BCUT2D eigenvalue weighted by atomic mass is 10.2. The molecule has 1 aromatic heterocycles. The number of hydrogen-bond acceptors (Lipinski definition) is 6. The number of carbonyl (C=O) groups is 1. The van der Waals surface area contributed by atoms with E-state index in [-0.39, 0.29) is 45.0 Å². The molecule has 0 radical (unpaired) electrons. The predicted molar refractivity (Wildman–Crippen MR) is 124 cm³/mol. The average molecular weight is 504 g/mol. The smallest absolute Gasteiger partial charge is 0.287 e. The fourth-order valence-electron chi connectivity index (χ4n) is 3.41. The van der Waals surface area contributed by atoms with Crippen molar-refractivity contribution in [3.05, 3.63) is 75.0 Å². The highest BCUT2D eigenvalue weighted by molar-refractivity contribution is 6.32. The second-order valence-electron chi connectivity index (χ2n) is 7.55. The van der Waals surface area contributed by atoms with E-state index in [1.165, 1.54) is 30.3 Å². The molecule has 2 N–H and O–H groups in total. The van der Waals surface area contributed by atoms with Gasteiger partial charge in [-0.15, -0.1) is 0 Å². The normalized spacial score (nSPS) is 13.9. The molecule has 1 fully saturated rings. The first-order valence-corrected chi connectivity index (χ1v) is 11.2. The van der Waals surface area contributed by atoms with Crippen LogP contribution in [-0.2, 0) is 17.8 Å². The van der Waals surface area contributed by atoms with Gasteiger partial charge in [0.05, 0.1) is 35.6 Å². The minimum Gasteiger partial charge on any atom is -0.453 e. The summed E-state index contributed by atoms with van der Waals surface area (Å²) in [6.07, 6.45) is 1.68. The number of aromatic amines is 1. The third-order valence-corrected chi connectivity index (χ3v) is 5.64. The molecule has 4 rings (SSSR count). The summed E-state index contributed by atoms with van der Waals surface area (Å²) in [7, 11) is 0. The molecular weight excluding hydrogens is 484 g/mol. The zero-order valence-electron chi connectivity index (χ0n) is 17.9. The number of nitrogens with zero attached hydrogens (tertiary/aromatic N) is 3. The Labute approximate surface area is 205 Å². The summed E-state index contributed by atoms with van der Waals surface area (Å²) in [6, 6.07) is 9.19. The molecule has 0 bridgehead atoms. The van der Waals surface area contributed by atoms with Crippen molar-refractivity contribution < 1.29 is 18.7 Å². The SMILES string of the molecule is N#Cc1cc(Cl)cc(Oc2c(Cl)ccc(CNC(=O)c3nc(CN4CCOCC4)c[nH]3)c2F)c1. The first-order valence-electron chi connectivity index (χ1n) is 10.4. The van der Waals surface area contributed by atoms with Crippen molar-refractivity contribution in [3.8, 4) is 17.6 Å². The van der Waals surface area contributed by atoms with E-state index in [9.17, 15) is 4.79 Å². The van der Waals surface area contributed by atoms with Gasteiger partial charge in [-0.3, -0.25) is 9.69 Å². The molecule has 0 atom stereocenters. The number of nitrogens with one attached hydrogen (secondary N) is 2. The monoisotopic (exact) mass is 503 g/mol. The first-order chi connectivity index (χ1) is 16.4. The molecule has 176 valence electrons.